The van der Waals surface area contributed by atoms with E-state index >= 15 is 0 Å². The molecule has 0 saturated carbocycles. The van der Waals surface area contributed by atoms with Gasteiger partial charge in [-0.15, -0.1) is 0 Å². The third kappa shape index (κ3) is 8.96. The SMILES string of the molecule is COP(=O)(C=Cc1c(-c2ccc(F)cc2)cc(C(C)(C)C)nc1C(C)C)C[C@H](CC(=O)O)O[Si](c1ccccc1)(c1ccccc1)C(C)(C)C. The van der Waals surface area contributed by atoms with Crippen LogP contribution >= 0.6 is 7.37 Å². The van der Waals surface area contributed by atoms with Gasteiger partial charge >= 0.3 is 5.97 Å². The van der Waals surface area contributed by atoms with Gasteiger partial charge in [0.2, 0.25) is 7.37 Å². The minimum absolute atomic E-state index is 0.0105. The molecule has 0 fully saturated rings. The molecule has 9 heteroatoms. The van der Waals surface area contributed by atoms with Crippen molar-refractivity contribution in [3.63, 3.8) is 0 Å². The lowest BCUT2D eigenvalue weighted by molar-refractivity contribution is -0.138. The van der Waals surface area contributed by atoms with Gasteiger partial charge in [-0.05, 0) is 56.7 Å². The van der Waals surface area contributed by atoms with E-state index < -0.39 is 32.8 Å². The number of aliphatic carboxylic acids is 1. The third-order valence-electron chi connectivity index (χ3n) is 8.96. The van der Waals surface area contributed by atoms with E-state index in [1.165, 1.54) is 19.2 Å². The average molecular weight is 716 g/mol. The summed E-state index contributed by atoms with van der Waals surface area (Å²) in [4.78, 5) is 17.4. The molecule has 50 heavy (non-hydrogen) atoms. The Morgan fingerprint density at radius 2 is 1.46 bits per heavy atom. The van der Waals surface area contributed by atoms with Crippen LogP contribution in [0.1, 0.15) is 84.7 Å². The maximum Gasteiger partial charge on any atom is 0.305 e. The van der Waals surface area contributed by atoms with Crippen molar-refractivity contribution in [1.29, 1.82) is 0 Å². The monoisotopic (exact) mass is 715 g/mol. The van der Waals surface area contributed by atoms with Crippen molar-refractivity contribution in [2.45, 2.75) is 84.3 Å². The molecule has 1 unspecified atom stereocenters. The van der Waals surface area contributed by atoms with E-state index in [1.807, 2.05) is 66.7 Å². The number of aromatic nitrogens is 1. The van der Waals surface area contributed by atoms with Crippen LogP contribution < -0.4 is 10.4 Å². The van der Waals surface area contributed by atoms with Crippen LogP contribution in [0, 0.1) is 5.82 Å². The highest BCUT2D eigenvalue weighted by Crippen LogP contribution is 2.51. The Morgan fingerprint density at radius 1 is 0.920 bits per heavy atom. The summed E-state index contributed by atoms with van der Waals surface area (Å²) >= 11 is 0. The second-order valence-electron chi connectivity index (χ2n) is 15.2. The topological polar surface area (TPSA) is 85.7 Å². The average Bonchev–Trinajstić information content (AvgIpc) is 3.05. The van der Waals surface area contributed by atoms with Crippen molar-refractivity contribution in [2.24, 2.45) is 0 Å². The van der Waals surface area contributed by atoms with Crippen molar-refractivity contribution in [1.82, 2.24) is 4.98 Å². The molecule has 0 radical (unpaired) electrons. The molecule has 266 valence electrons. The van der Waals surface area contributed by atoms with E-state index in [-0.39, 0.29) is 29.7 Å². The van der Waals surface area contributed by atoms with Crippen molar-refractivity contribution in [3.8, 4) is 11.1 Å². The van der Waals surface area contributed by atoms with Gasteiger partial charge in [0.15, 0.2) is 0 Å². The summed E-state index contributed by atoms with van der Waals surface area (Å²) in [5, 5.41) is 11.7. The van der Waals surface area contributed by atoms with Crippen LogP contribution in [-0.4, -0.2) is 43.8 Å². The van der Waals surface area contributed by atoms with Crippen LogP contribution in [0.5, 0.6) is 0 Å². The van der Waals surface area contributed by atoms with Crippen LogP contribution in [0.25, 0.3) is 17.2 Å². The highest BCUT2D eigenvalue weighted by Gasteiger charge is 2.52. The first kappa shape index (κ1) is 39.1. The molecule has 2 atom stereocenters. The molecule has 1 heterocycles. The highest BCUT2D eigenvalue weighted by atomic mass is 31.2. The van der Waals surface area contributed by atoms with Gasteiger partial charge in [0.05, 0.1) is 24.4 Å². The van der Waals surface area contributed by atoms with Crippen LogP contribution in [0.15, 0.2) is 96.8 Å². The number of carboxylic acids is 1. The predicted molar refractivity (Wildman–Crippen MR) is 206 cm³/mol. The number of benzene rings is 3. The lowest BCUT2D eigenvalue weighted by atomic mass is 9.86. The van der Waals surface area contributed by atoms with E-state index in [1.54, 1.807) is 24.0 Å². The molecule has 0 aliphatic heterocycles. The van der Waals surface area contributed by atoms with Gasteiger partial charge in [0.25, 0.3) is 8.32 Å². The molecule has 0 aliphatic carbocycles. The van der Waals surface area contributed by atoms with E-state index in [4.69, 9.17) is 13.9 Å². The minimum atomic E-state index is -3.65. The summed E-state index contributed by atoms with van der Waals surface area (Å²) in [6.07, 6.45) is 0.341. The molecule has 3 aromatic carbocycles. The van der Waals surface area contributed by atoms with Crippen LogP contribution in [-0.2, 0) is 23.7 Å². The van der Waals surface area contributed by atoms with Gasteiger partial charge in [-0.1, -0.05) is 128 Å². The molecule has 6 nitrogen and oxygen atoms in total. The lowest BCUT2D eigenvalue weighted by Gasteiger charge is -2.45. The number of nitrogens with zero attached hydrogens (tertiary/aromatic N) is 1. The number of hydrogen-bond acceptors (Lipinski definition) is 5. The summed E-state index contributed by atoms with van der Waals surface area (Å²) in [5.41, 5.74) is 3.81. The van der Waals surface area contributed by atoms with Crippen molar-refractivity contribution in [2.75, 3.05) is 13.3 Å². The fraction of sp³-hybridized carbons (Fsp3) is 0.366. The Morgan fingerprint density at radius 3 is 1.90 bits per heavy atom. The fourth-order valence-electron chi connectivity index (χ4n) is 6.39. The van der Waals surface area contributed by atoms with E-state index in [0.29, 0.717) is 0 Å². The molecule has 1 aromatic heterocycles. The number of carboxylic acid groups (broad SMARTS) is 1. The van der Waals surface area contributed by atoms with E-state index in [0.717, 1.165) is 38.5 Å². The second kappa shape index (κ2) is 15.7. The maximum atomic E-state index is 14.7. The first-order valence-corrected chi connectivity index (χ1v) is 20.8. The molecule has 0 amide bonds. The predicted octanol–water partition coefficient (Wildman–Crippen LogP) is 9.62. The quantitative estimate of drug-likeness (QED) is 0.110. The standard InChI is InChI=1S/C41H51FNO5PSi/c1-29(2)39-35(36(27-37(43-39)40(3,4)5)30-20-22-31(42)23-21-30)24-25-49(46,47-9)28-32(26-38(44)45)48-50(41(6,7)8,33-16-12-10-13-17-33)34-18-14-11-15-19-34/h10-25,27,29,32H,26,28H2,1-9H3,(H,44,45)/t32-,49?/m0/s1. The van der Waals surface area contributed by atoms with Gasteiger partial charge in [-0.2, -0.15) is 0 Å². The Balaban J connectivity index is 1.86. The Bertz CT molecular complexity index is 1790. The Hall–Kier alpha value is -3.68. The maximum absolute atomic E-state index is 14.7. The molecule has 4 aromatic rings. The molecule has 0 bridgehead atoms. The molecule has 0 aliphatic rings. The highest BCUT2D eigenvalue weighted by molar-refractivity contribution is 7.62. The smallest absolute Gasteiger partial charge is 0.305 e. The summed E-state index contributed by atoms with van der Waals surface area (Å²) in [7, 11) is -5.45. The van der Waals surface area contributed by atoms with Gasteiger partial charge in [0.1, 0.15) is 5.82 Å². The van der Waals surface area contributed by atoms with Gasteiger partial charge in [-0.3, -0.25) is 14.3 Å². The lowest BCUT2D eigenvalue weighted by Crippen LogP contribution is -2.68. The van der Waals surface area contributed by atoms with E-state index in [2.05, 4.69) is 55.4 Å². The first-order chi connectivity index (χ1) is 23.4. The largest absolute Gasteiger partial charge is 0.481 e. The van der Waals surface area contributed by atoms with E-state index in [9.17, 15) is 18.9 Å². The zero-order chi connectivity index (χ0) is 36.9. The van der Waals surface area contributed by atoms with Crippen molar-refractivity contribution < 1.29 is 27.8 Å². The molecule has 4 rings (SSSR count). The normalized spacial score (nSPS) is 14.5. The second-order valence-corrected chi connectivity index (χ2v) is 21.9. The number of pyridine rings is 1. The number of carbonyl (C=O) groups is 1. The van der Waals surface area contributed by atoms with Crippen LogP contribution in [0.4, 0.5) is 4.39 Å². The van der Waals surface area contributed by atoms with Gasteiger partial charge < -0.3 is 14.1 Å². The Labute approximate surface area is 298 Å². The number of rotatable bonds is 13. The zero-order valence-corrected chi connectivity index (χ0v) is 32.6. The summed E-state index contributed by atoms with van der Waals surface area (Å²) < 4.78 is 41.7. The van der Waals surface area contributed by atoms with Crippen molar-refractivity contribution in [3.05, 3.63) is 120 Å². The number of hydrogen-bond donors (Lipinski definition) is 1. The third-order valence-corrected chi connectivity index (χ3v) is 16.2. The molecule has 0 spiro atoms. The van der Waals surface area contributed by atoms with Gasteiger partial charge in [-0.25, -0.2) is 4.39 Å². The molecule has 1 N–H and O–H groups in total. The minimum Gasteiger partial charge on any atom is -0.481 e. The van der Waals surface area contributed by atoms with Crippen LogP contribution in [0.2, 0.25) is 5.04 Å². The van der Waals surface area contributed by atoms with Gasteiger partial charge in [0, 0.05) is 29.6 Å². The van der Waals surface area contributed by atoms with Crippen molar-refractivity contribution >= 4 is 38.1 Å². The molecule has 0 saturated heterocycles. The first-order valence-electron chi connectivity index (χ1n) is 17.1. The summed E-state index contributed by atoms with van der Waals surface area (Å²) in [6.45, 7) is 16.7. The summed E-state index contributed by atoms with van der Waals surface area (Å²) in [5.74, 6) is 0.177. The molecular weight excluding hydrogens is 665 g/mol. The fourth-order valence-corrected chi connectivity index (χ4v) is 12.8. The van der Waals surface area contributed by atoms with Crippen LogP contribution in [0.3, 0.4) is 0 Å². The summed E-state index contributed by atoms with van der Waals surface area (Å²) in [6, 6.07) is 28.2. The number of halogens is 1. The Kier molecular flexibility index (Phi) is 12.3. The zero-order valence-electron chi connectivity index (χ0n) is 30.7. The molecular formula is C41H51FNO5PSi.